The monoisotopic (exact) mass is 290 g/mol. The second-order valence-corrected chi connectivity index (χ2v) is 4.04. The van der Waals surface area contributed by atoms with Gasteiger partial charge in [-0.3, -0.25) is 0 Å². The summed E-state index contributed by atoms with van der Waals surface area (Å²) in [5, 5.41) is 0. The summed E-state index contributed by atoms with van der Waals surface area (Å²) in [6, 6.07) is 0. The molecule has 0 bridgehead atoms. The van der Waals surface area contributed by atoms with Crippen molar-refractivity contribution in [3.63, 3.8) is 0 Å². The molecule has 0 aromatic carbocycles. The molecule has 0 unspecified atom stereocenters. The minimum absolute atomic E-state index is 0. The molecule has 2 heterocycles. The maximum Gasteiger partial charge on any atom is 0.105 e. The maximum absolute atomic E-state index is 4.21. The molecule has 2 aromatic rings. The lowest BCUT2D eigenvalue weighted by atomic mass is 10.3. The summed E-state index contributed by atoms with van der Waals surface area (Å²) >= 11 is 0. The largest absolute Gasteiger partial charge is 0.412 e. The molecule has 0 atom stereocenters. The number of nitrogens with zero attached hydrogens (tertiary/aromatic N) is 4. The minimum atomic E-state index is 0. The predicted octanol–water partition coefficient (Wildman–Crippen LogP) is -1.12. The second-order valence-electron chi connectivity index (χ2n) is 4.04. The number of unbranched alkanes of at least 4 members (excludes halogenated alkanes) is 1. The summed E-state index contributed by atoms with van der Waals surface area (Å²) in [6.07, 6.45) is 10.1. The number of hydrogen-bond donors (Lipinski definition) is 0. The van der Waals surface area contributed by atoms with Crippen molar-refractivity contribution in [3.05, 3.63) is 36.4 Å². The van der Waals surface area contributed by atoms with Gasteiger partial charge in [-0.05, 0) is 26.7 Å². The van der Waals surface area contributed by atoms with Gasteiger partial charge < -0.3 is 31.0 Å². The van der Waals surface area contributed by atoms with E-state index >= 15 is 0 Å². The van der Waals surface area contributed by atoms with Gasteiger partial charge in [-0.2, -0.15) is 0 Å². The molecule has 0 saturated heterocycles. The van der Waals surface area contributed by atoms with Gasteiger partial charge in [-0.25, -0.2) is 9.97 Å². The Bertz CT molecular complexity index is 414. The van der Waals surface area contributed by atoms with Crippen molar-refractivity contribution in [3.8, 4) is 0 Å². The molecule has 0 aliphatic carbocycles. The Morgan fingerprint density at radius 3 is 1.35 bits per heavy atom. The van der Waals surface area contributed by atoms with Crippen molar-refractivity contribution >= 4 is 0 Å². The Hall–Kier alpha value is -1.74. The van der Waals surface area contributed by atoms with Crippen LogP contribution < -0.4 is 0 Å². The normalized spacial score (nSPS) is 8.70. The topological polar surface area (TPSA) is 162 Å². The lowest BCUT2D eigenvalue weighted by Gasteiger charge is -2.06. The fourth-order valence-electron chi connectivity index (χ4n) is 1.84. The third-order valence-corrected chi connectivity index (χ3v) is 2.90. The first-order chi connectivity index (χ1) is 7.77. The van der Waals surface area contributed by atoms with Crippen LogP contribution in [0.1, 0.15) is 24.5 Å². The van der Waals surface area contributed by atoms with Gasteiger partial charge in [0.25, 0.3) is 0 Å². The highest BCUT2D eigenvalue weighted by Gasteiger charge is 1.98. The van der Waals surface area contributed by atoms with Crippen LogP contribution >= 0.6 is 0 Å². The maximum atomic E-state index is 4.21. The van der Waals surface area contributed by atoms with Crippen molar-refractivity contribution in [2.75, 3.05) is 0 Å². The zero-order chi connectivity index (χ0) is 11.4. The summed E-state index contributed by atoms with van der Waals surface area (Å²) in [5.74, 6) is 2.19. The number of aromatic nitrogens is 4. The molecule has 8 N–H and O–H groups in total. The number of aryl methyl sites for hydroxylation is 4. The van der Waals surface area contributed by atoms with Crippen LogP contribution in [0, 0.1) is 13.8 Å². The quantitative estimate of drug-likeness (QED) is 0.638. The van der Waals surface area contributed by atoms with Crippen LogP contribution in [0.4, 0.5) is 0 Å². The highest BCUT2D eigenvalue weighted by atomic mass is 16.0. The number of imidazole rings is 2. The molecule has 0 saturated carbocycles. The van der Waals surface area contributed by atoms with Gasteiger partial charge in [0.1, 0.15) is 11.6 Å². The minimum Gasteiger partial charge on any atom is -0.412 e. The molecular formula is C12H26N4O4. The van der Waals surface area contributed by atoms with E-state index in [0.717, 1.165) is 24.7 Å². The highest BCUT2D eigenvalue weighted by Crippen LogP contribution is 2.03. The first kappa shape index (κ1) is 23.4. The smallest absolute Gasteiger partial charge is 0.105 e. The molecule has 0 aliphatic rings. The summed E-state index contributed by atoms with van der Waals surface area (Å²) in [7, 11) is 0. The number of rotatable bonds is 5. The van der Waals surface area contributed by atoms with Crippen molar-refractivity contribution in [2.24, 2.45) is 0 Å². The van der Waals surface area contributed by atoms with Crippen LogP contribution in [-0.4, -0.2) is 41.0 Å². The standard InChI is InChI=1S/C12H18N4.4H2O/c1-11-13-5-9-15(11)7-3-4-8-16-10-6-14-12(16)2;;;;/h5-6,9-10H,3-4,7-8H2,1-2H3;4*1H2. The second kappa shape index (κ2) is 11.1. The SMILES string of the molecule is Cc1nccn1CCCCn1ccnc1C.O.O.O.O. The van der Waals surface area contributed by atoms with Crippen molar-refractivity contribution in [1.82, 2.24) is 19.1 Å². The highest BCUT2D eigenvalue weighted by molar-refractivity contribution is 4.89. The van der Waals surface area contributed by atoms with E-state index < -0.39 is 0 Å². The van der Waals surface area contributed by atoms with Crippen LogP contribution in [0.5, 0.6) is 0 Å². The van der Waals surface area contributed by atoms with Crippen molar-refractivity contribution in [2.45, 2.75) is 39.8 Å². The van der Waals surface area contributed by atoms with Crippen LogP contribution in [-0.2, 0) is 13.1 Å². The van der Waals surface area contributed by atoms with E-state index in [4.69, 9.17) is 0 Å². The van der Waals surface area contributed by atoms with E-state index in [1.165, 1.54) is 12.8 Å². The summed E-state index contributed by atoms with van der Waals surface area (Å²) in [5.41, 5.74) is 0. The average molecular weight is 290 g/mol. The summed E-state index contributed by atoms with van der Waals surface area (Å²) in [6.45, 7) is 6.19. The summed E-state index contributed by atoms with van der Waals surface area (Å²) < 4.78 is 4.39. The Morgan fingerprint density at radius 2 is 1.10 bits per heavy atom. The molecule has 2 aromatic heterocycles. The van der Waals surface area contributed by atoms with Crippen LogP contribution in [0.15, 0.2) is 24.8 Å². The van der Waals surface area contributed by atoms with Gasteiger partial charge in [-0.15, -0.1) is 0 Å². The molecule has 0 fully saturated rings. The molecule has 0 amide bonds. The van der Waals surface area contributed by atoms with Gasteiger partial charge in [0.05, 0.1) is 0 Å². The fourth-order valence-corrected chi connectivity index (χ4v) is 1.84. The molecule has 0 spiro atoms. The van der Waals surface area contributed by atoms with Crippen LogP contribution in [0.3, 0.4) is 0 Å². The van der Waals surface area contributed by atoms with Crippen LogP contribution in [0.2, 0.25) is 0 Å². The third kappa shape index (κ3) is 5.93. The Labute approximate surface area is 118 Å². The first-order valence-corrected chi connectivity index (χ1v) is 5.73. The fraction of sp³-hybridized carbons (Fsp3) is 0.500. The molecule has 8 heteroatoms. The molecule has 8 nitrogen and oxygen atoms in total. The molecular weight excluding hydrogens is 264 g/mol. The predicted molar refractivity (Wildman–Crippen MR) is 77.6 cm³/mol. The Kier molecular flexibility index (Phi) is 13.0. The van der Waals surface area contributed by atoms with Crippen LogP contribution in [0.25, 0.3) is 0 Å². The van der Waals surface area contributed by atoms with E-state index in [2.05, 4.69) is 19.1 Å². The van der Waals surface area contributed by atoms with E-state index in [0.29, 0.717) is 0 Å². The van der Waals surface area contributed by atoms with Gasteiger partial charge >= 0.3 is 0 Å². The molecule has 2 rings (SSSR count). The van der Waals surface area contributed by atoms with Crippen molar-refractivity contribution in [1.29, 1.82) is 0 Å². The lowest BCUT2D eigenvalue weighted by Crippen LogP contribution is -2.03. The van der Waals surface area contributed by atoms with Gasteiger partial charge in [0.15, 0.2) is 0 Å². The average Bonchev–Trinajstić information content (AvgIpc) is 2.84. The van der Waals surface area contributed by atoms with E-state index in [1.54, 1.807) is 0 Å². The molecule has 0 aliphatic heterocycles. The van der Waals surface area contributed by atoms with Gasteiger partial charge in [-0.1, -0.05) is 0 Å². The Morgan fingerprint density at radius 1 is 0.750 bits per heavy atom. The van der Waals surface area contributed by atoms with Crippen molar-refractivity contribution < 1.29 is 21.9 Å². The van der Waals surface area contributed by atoms with E-state index in [9.17, 15) is 0 Å². The van der Waals surface area contributed by atoms with Gasteiger partial charge in [0.2, 0.25) is 0 Å². The third-order valence-electron chi connectivity index (χ3n) is 2.90. The zero-order valence-electron chi connectivity index (χ0n) is 11.9. The lowest BCUT2D eigenvalue weighted by molar-refractivity contribution is 0.540. The molecule has 0 radical (unpaired) electrons. The van der Waals surface area contributed by atoms with Gasteiger partial charge in [0, 0.05) is 37.9 Å². The molecule has 118 valence electrons. The Balaban J connectivity index is -0.000000722. The summed E-state index contributed by atoms with van der Waals surface area (Å²) in [4.78, 5) is 8.41. The zero-order valence-corrected chi connectivity index (χ0v) is 11.9. The first-order valence-electron chi connectivity index (χ1n) is 5.73. The molecule has 20 heavy (non-hydrogen) atoms. The van der Waals surface area contributed by atoms with E-state index in [1.807, 2.05) is 38.6 Å². The number of hydrogen-bond acceptors (Lipinski definition) is 2. The van der Waals surface area contributed by atoms with E-state index in [-0.39, 0.29) is 21.9 Å².